The average Bonchev–Trinajstić information content (AvgIpc) is 3.72. The fourth-order valence-electron chi connectivity index (χ4n) is 9.81. The van der Waals surface area contributed by atoms with E-state index in [4.69, 9.17) is 67.8 Å². The minimum Gasteiger partial charge on any atom is -0.356 e. The number of hydrogen-bond acceptors (Lipinski definition) is 8. The molecule has 4 N–H and O–H groups in total. The normalized spacial score (nSPS) is 21.5. The van der Waals surface area contributed by atoms with Crippen LogP contribution in [0.5, 0.6) is 0 Å². The summed E-state index contributed by atoms with van der Waals surface area (Å²) in [7, 11) is 0. The molecule has 4 heterocycles. The molecular weight excluding hydrogens is 790 g/mol. The van der Waals surface area contributed by atoms with Gasteiger partial charge in [0.2, 0.25) is 0 Å². The maximum absolute atomic E-state index is 13.2. The van der Waals surface area contributed by atoms with Gasteiger partial charge in [0, 0.05) is 38.3 Å². The van der Waals surface area contributed by atoms with E-state index in [0.717, 1.165) is 76.3 Å². The van der Waals surface area contributed by atoms with E-state index in [2.05, 4.69) is 9.80 Å². The highest BCUT2D eigenvalue weighted by atomic mass is 35.5. The lowest BCUT2D eigenvalue weighted by atomic mass is 9.74. The van der Waals surface area contributed by atoms with Crippen LogP contribution < -0.4 is 32.4 Å². The Labute approximate surface area is 349 Å². The summed E-state index contributed by atoms with van der Waals surface area (Å²) in [5.41, 5.74) is 15.6. The quantitative estimate of drug-likeness (QED) is 0.210. The van der Waals surface area contributed by atoms with Crippen molar-refractivity contribution in [1.29, 1.82) is 0 Å². The number of aryl methyl sites for hydroxylation is 2. The average molecular weight is 843 g/mol. The number of benzene rings is 2. The summed E-state index contributed by atoms with van der Waals surface area (Å²) in [5.74, 6) is 2.76. The Hall–Kier alpha value is -3.12. The molecule has 2 aliphatic heterocycles. The van der Waals surface area contributed by atoms with Gasteiger partial charge in [-0.2, -0.15) is 0 Å². The second-order valence-corrected chi connectivity index (χ2v) is 17.9. The molecule has 2 saturated heterocycles. The Morgan fingerprint density at radius 1 is 0.589 bits per heavy atom. The standard InChI is InChI=1S/2C21H26Cl2N4O/c2*1-13-19(26-11-9-21(10-12-26)8-4-7-17(21)24)25-14(2)27(20(13)28)16-6-3-5-15(22)18(16)23/h2*3,5-6,17H,4,7-12,24H2,1-2H3/t2*17-/m11/s1. The fraction of sp³-hybridized carbons (Fsp3) is 0.524. The van der Waals surface area contributed by atoms with Crippen LogP contribution in [0.1, 0.15) is 87.0 Å². The molecule has 4 fully saturated rings. The highest BCUT2D eigenvalue weighted by Gasteiger charge is 2.44. The number of nitrogens with zero attached hydrogens (tertiary/aromatic N) is 6. The molecule has 0 unspecified atom stereocenters. The van der Waals surface area contributed by atoms with Crippen LogP contribution in [0, 0.1) is 38.5 Å². The maximum Gasteiger partial charge on any atom is 0.263 e. The van der Waals surface area contributed by atoms with E-state index < -0.39 is 0 Å². The van der Waals surface area contributed by atoms with Crippen LogP contribution in [0.15, 0.2) is 46.0 Å². The van der Waals surface area contributed by atoms with E-state index in [1.807, 2.05) is 27.7 Å². The van der Waals surface area contributed by atoms with Crippen molar-refractivity contribution in [3.05, 3.63) is 100.0 Å². The van der Waals surface area contributed by atoms with Crippen molar-refractivity contribution in [3.8, 4) is 11.4 Å². The zero-order valence-corrected chi connectivity index (χ0v) is 35.7. The van der Waals surface area contributed by atoms with Crippen LogP contribution >= 0.6 is 46.4 Å². The second kappa shape index (κ2) is 16.3. The first kappa shape index (κ1) is 41.1. The zero-order chi connectivity index (χ0) is 40.1. The molecule has 4 aromatic rings. The van der Waals surface area contributed by atoms with Gasteiger partial charge in [0.15, 0.2) is 0 Å². The Morgan fingerprint density at radius 3 is 1.27 bits per heavy atom. The molecule has 2 aromatic heterocycles. The molecular formula is C42H52Cl4N8O2. The van der Waals surface area contributed by atoms with E-state index in [1.165, 1.54) is 25.7 Å². The summed E-state index contributed by atoms with van der Waals surface area (Å²) in [5, 5.41) is 1.56. The van der Waals surface area contributed by atoms with Gasteiger partial charge in [0.05, 0.1) is 42.6 Å². The summed E-state index contributed by atoms with van der Waals surface area (Å²) in [6, 6.07) is 11.2. The molecule has 2 spiro atoms. The van der Waals surface area contributed by atoms with Gasteiger partial charge in [-0.15, -0.1) is 0 Å². The highest BCUT2D eigenvalue weighted by molar-refractivity contribution is 6.43. The van der Waals surface area contributed by atoms with Crippen LogP contribution in [0.2, 0.25) is 20.1 Å². The molecule has 4 aliphatic rings. The molecule has 0 radical (unpaired) electrons. The first-order valence-electron chi connectivity index (χ1n) is 19.8. The van der Waals surface area contributed by atoms with Gasteiger partial charge in [-0.3, -0.25) is 18.7 Å². The molecule has 56 heavy (non-hydrogen) atoms. The van der Waals surface area contributed by atoms with Gasteiger partial charge in [-0.25, -0.2) is 9.97 Å². The molecule has 10 nitrogen and oxygen atoms in total. The van der Waals surface area contributed by atoms with Crippen molar-refractivity contribution in [3.63, 3.8) is 0 Å². The van der Waals surface area contributed by atoms with E-state index >= 15 is 0 Å². The van der Waals surface area contributed by atoms with Crippen LogP contribution in [0.4, 0.5) is 11.6 Å². The Morgan fingerprint density at radius 2 is 0.946 bits per heavy atom. The van der Waals surface area contributed by atoms with E-state index in [9.17, 15) is 9.59 Å². The van der Waals surface area contributed by atoms with Gasteiger partial charge in [0.1, 0.15) is 23.3 Å². The summed E-state index contributed by atoms with van der Waals surface area (Å²) < 4.78 is 3.09. The third kappa shape index (κ3) is 7.39. The SMILES string of the molecule is Cc1c(N2CCC3(CCC[C@H]3N)CC2)nc(C)n(-c2cccc(Cl)c2Cl)c1=O.Cc1c(N2CCC3(CCC[C@H]3N)CC2)nc(C)n(-c2cccc(Cl)c2Cl)c1=O. The Kier molecular flexibility index (Phi) is 11.9. The minimum atomic E-state index is -0.107. The number of aromatic nitrogens is 4. The molecule has 2 aromatic carbocycles. The predicted molar refractivity (Wildman–Crippen MR) is 230 cm³/mol. The Balaban J connectivity index is 0.000000172. The van der Waals surface area contributed by atoms with E-state index in [1.54, 1.807) is 45.5 Å². The van der Waals surface area contributed by atoms with Crippen LogP contribution in [-0.4, -0.2) is 57.4 Å². The molecule has 0 bridgehead atoms. The lowest BCUT2D eigenvalue weighted by molar-refractivity contribution is 0.197. The number of hydrogen-bond donors (Lipinski definition) is 2. The van der Waals surface area contributed by atoms with E-state index in [-0.39, 0.29) is 21.9 Å². The fourth-order valence-corrected chi connectivity index (χ4v) is 10.6. The van der Waals surface area contributed by atoms with Gasteiger partial charge < -0.3 is 21.3 Å². The molecule has 2 aliphatic carbocycles. The first-order valence-corrected chi connectivity index (χ1v) is 21.3. The predicted octanol–water partition coefficient (Wildman–Crippen LogP) is 8.51. The highest BCUT2D eigenvalue weighted by Crippen LogP contribution is 2.47. The van der Waals surface area contributed by atoms with Crippen molar-refractivity contribution >= 4 is 58.0 Å². The third-order valence-electron chi connectivity index (χ3n) is 13.3. The second-order valence-electron chi connectivity index (χ2n) is 16.3. The summed E-state index contributed by atoms with van der Waals surface area (Å²) in [6.45, 7) is 10.9. The topological polar surface area (TPSA) is 128 Å². The summed E-state index contributed by atoms with van der Waals surface area (Å²) >= 11 is 25.0. The van der Waals surface area contributed by atoms with Crippen LogP contribution in [-0.2, 0) is 0 Å². The molecule has 0 amide bonds. The zero-order valence-electron chi connectivity index (χ0n) is 32.7. The largest absolute Gasteiger partial charge is 0.356 e. The van der Waals surface area contributed by atoms with Gasteiger partial charge in [-0.05, 0) is 114 Å². The first-order chi connectivity index (χ1) is 26.7. The van der Waals surface area contributed by atoms with Crippen molar-refractivity contribution in [2.24, 2.45) is 22.3 Å². The molecule has 300 valence electrons. The third-order valence-corrected chi connectivity index (χ3v) is 14.9. The van der Waals surface area contributed by atoms with Crippen molar-refractivity contribution in [1.82, 2.24) is 19.1 Å². The van der Waals surface area contributed by atoms with Crippen LogP contribution in [0.3, 0.4) is 0 Å². The number of halogens is 4. The maximum atomic E-state index is 13.2. The molecule has 2 atom stereocenters. The smallest absolute Gasteiger partial charge is 0.263 e. The summed E-state index contributed by atoms with van der Waals surface area (Å²) in [6.07, 6.45) is 11.4. The molecule has 8 rings (SSSR count). The van der Waals surface area contributed by atoms with Gasteiger partial charge >= 0.3 is 0 Å². The lowest BCUT2D eigenvalue weighted by Gasteiger charge is -2.42. The minimum absolute atomic E-state index is 0.107. The van der Waals surface area contributed by atoms with E-state index in [0.29, 0.717) is 66.3 Å². The van der Waals surface area contributed by atoms with Crippen molar-refractivity contribution in [2.75, 3.05) is 36.0 Å². The monoisotopic (exact) mass is 840 g/mol. The summed E-state index contributed by atoms with van der Waals surface area (Å²) in [4.78, 5) is 40.5. The molecule has 2 saturated carbocycles. The Bertz CT molecular complexity index is 2080. The van der Waals surface area contributed by atoms with Gasteiger partial charge in [0.25, 0.3) is 11.1 Å². The van der Waals surface area contributed by atoms with Gasteiger partial charge in [-0.1, -0.05) is 71.4 Å². The number of rotatable bonds is 4. The number of nitrogens with two attached hydrogens (primary N) is 2. The lowest BCUT2D eigenvalue weighted by Crippen LogP contribution is -2.47. The van der Waals surface area contributed by atoms with Crippen molar-refractivity contribution < 1.29 is 0 Å². The van der Waals surface area contributed by atoms with Crippen molar-refractivity contribution in [2.45, 2.75) is 104 Å². The molecule has 14 heteroatoms. The van der Waals surface area contributed by atoms with Crippen LogP contribution in [0.25, 0.3) is 11.4 Å². The number of piperidine rings is 2. The number of anilines is 2.